The van der Waals surface area contributed by atoms with Crippen molar-refractivity contribution in [1.82, 2.24) is 9.88 Å². The maximum Gasteiger partial charge on any atom is 0.0670 e. The van der Waals surface area contributed by atoms with Gasteiger partial charge in [0.05, 0.1) is 12.0 Å². The van der Waals surface area contributed by atoms with Gasteiger partial charge in [-0.25, -0.2) is 0 Å². The molecule has 0 bridgehead atoms. The quantitative estimate of drug-likeness (QED) is 0.927. The summed E-state index contributed by atoms with van der Waals surface area (Å²) in [5.74, 6) is 0.188. The van der Waals surface area contributed by atoms with Crippen LogP contribution < -0.4 is 0 Å². The molecule has 1 saturated heterocycles. The van der Waals surface area contributed by atoms with Crippen LogP contribution in [0.4, 0.5) is 0 Å². The minimum absolute atomic E-state index is 0.145. The summed E-state index contributed by atoms with van der Waals surface area (Å²) in [7, 11) is 0. The Morgan fingerprint density at radius 3 is 2.95 bits per heavy atom. The average molecular weight is 267 g/mol. The first-order valence-electron chi connectivity index (χ1n) is 7.30. The second kappa shape index (κ2) is 4.96. The van der Waals surface area contributed by atoms with Gasteiger partial charge in [-0.2, -0.15) is 5.26 Å². The lowest BCUT2D eigenvalue weighted by Crippen LogP contribution is -2.39. The molecule has 0 spiro atoms. The lowest BCUT2D eigenvalue weighted by molar-refractivity contribution is 0.177. The number of para-hydroxylation sites is 1. The van der Waals surface area contributed by atoms with E-state index in [1.807, 2.05) is 0 Å². The predicted molar refractivity (Wildman–Crippen MR) is 81.4 cm³/mol. The fraction of sp³-hybridized carbons (Fsp3) is 0.471. The number of H-pyrrole nitrogens is 1. The Morgan fingerprint density at radius 1 is 1.40 bits per heavy atom. The van der Waals surface area contributed by atoms with Crippen LogP contribution >= 0.6 is 0 Å². The van der Waals surface area contributed by atoms with Gasteiger partial charge >= 0.3 is 0 Å². The van der Waals surface area contributed by atoms with Crippen molar-refractivity contribution in [2.75, 3.05) is 13.1 Å². The van der Waals surface area contributed by atoms with Gasteiger partial charge in [-0.3, -0.25) is 4.90 Å². The summed E-state index contributed by atoms with van der Waals surface area (Å²) >= 11 is 0. The fourth-order valence-electron chi connectivity index (χ4n) is 3.38. The zero-order valence-electron chi connectivity index (χ0n) is 12.2. The van der Waals surface area contributed by atoms with Crippen LogP contribution in [0.1, 0.15) is 25.8 Å². The van der Waals surface area contributed by atoms with E-state index in [0.29, 0.717) is 0 Å². The molecule has 1 aromatic heterocycles. The summed E-state index contributed by atoms with van der Waals surface area (Å²) < 4.78 is 0. The number of aromatic nitrogens is 1. The van der Waals surface area contributed by atoms with E-state index in [1.165, 1.54) is 16.5 Å². The van der Waals surface area contributed by atoms with Crippen LogP contribution in [0, 0.1) is 17.2 Å². The van der Waals surface area contributed by atoms with E-state index >= 15 is 0 Å². The van der Waals surface area contributed by atoms with Crippen molar-refractivity contribution in [3.63, 3.8) is 0 Å². The first-order valence-corrected chi connectivity index (χ1v) is 7.30. The molecule has 1 unspecified atom stereocenters. The van der Waals surface area contributed by atoms with E-state index < -0.39 is 0 Å². The van der Waals surface area contributed by atoms with Gasteiger partial charge in [-0.15, -0.1) is 0 Å². The number of nitrogens with zero attached hydrogens (tertiary/aromatic N) is 2. The topological polar surface area (TPSA) is 42.8 Å². The second-order valence-corrected chi connectivity index (χ2v) is 6.40. The van der Waals surface area contributed by atoms with Crippen molar-refractivity contribution in [2.24, 2.45) is 5.92 Å². The van der Waals surface area contributed by atoms with Gasteiger partial charge in [-0.1, -0.05) is 18.2 Å². The fourth-order valence-corrected chi connectivity index (χ4v) is 3.38. The molecule has 104 valence electrons. The highest BCUT2D eigenvalue weighted by Crippen LogP contribution is 2.32. The Morgan fingerprint density at radius 2 is 2.20 bits per heavy atom. The van der Waals surface area contributed by atoms with E-state index in [9.17, 15) is 0 Å². The molecule has 0 radical (unpaired) electrons. The number of aromatic amines is 1. The maximum atomic E-state index is 9.13. The van der Waals surface area contributed by atoms with Gasteiger partial charge < -0.3 is 4.98 Å². The third-order valence-electron chi connectivity index (χ3n) is 4.55. The Kier molecular flexibility index (Phi) is 3.27. The number of fused-ring (bicyclic) bond motifs is 1. The molecule has 0 aliphatic carbocycles. The molecule has 0 amide bonds. The summed E-state index contributed by atoms with van der Waals surface area (Å²) in [6, 6.07) is 10.9. The minimum atomic E-state index is 0.145. The van der Waals surface area contributed by atoms with Gasteiger partial charge in [0.2, 0.25) is 0 Å². The summed E-state index contributed by atoms with van der Waals surface area (Å²) in [4.78, 5) is 5.79. The monoisotopic (exact) mass is 267 g/mol. The van der Waals surface area contributed by atoms with Crippen LogP contribution in [0.3, 0.4) is 0 Å². The Bertz CT molecular complexity index is 648. The van der Waals surface area contributed by atoms with E-state index in [4.69, 9.17) is 5.26 Å². The van der Waals surface area contributed by atoms with Gasteiger partial charge in [0.25, 0.3) is 0 Å². The average Bonchev–Trinajstić information content (AvgIpc) is 2.97. The summed E-state index contributed by atoms with van der Waals surface area (Å²) in [6.45, 7) is 6.43. The lowest BCUT2D eigenvalue weighted by atomic mass is 9.97. The van der Waals surface area contributed by atoms with Crippen molar-refractivity contribution in [2.45, 2.75) is 32.2 Å². The highest BCUT2D eigenvalue weighted by Gasteiger charge is 2.37. The molecule has 1 atom stereocenters. The standard InChI is InChI=1S/C17H21N3/c1-17(2)9-13(10-18)12-20(17)8-7-14-11-19-16-6-4-3-5-15(14)16/h3-6,11,13,19H,7-9,12H2,1-2H3. The van der Waals surface area contributed by atoms with E-state index in [-0.39, 0.29) is 11.5 Å². The highest BCUT2D eigenvalue weighted by atomic mass is 15.2. The summed E-state index contributed by atoms with van der Waals surface area (Å²) in [6.07, 6.45) is 4.14. The molecule has 1 N–H and O–H groups in total. The number of hydrogen-bond acceptors (Lipinski definition) is 2. The molecule has 1 aliphatic heterocycles. The van der Waals surface area contributed by atoms with E-state index in [0.717, 1.165) is 25.9 Å². The number of nitrogens with one attached hydrogen (secondary N) is 1. The first kappa shape index (κ1) is 13.2. The molecule has 1 aliphatic rings. The zero-order valence-corrected chi connectivity index (χ0v) is 12.2. The third kappa shape index (κ3) is 2.32. The highest BCUT2D eigenvalue weighted by molar-refractivity contribution is 5.83. The largest absolute Gasteiger partial charge is 0.361 e. The number of nitriles is 1. The van der Waals surface area contributed by atoms with Crippen molar-refractivity contribution in [1.29, 1.82) is 5.26 Å². The Balaban J connectivity index is 1.72. The van der Waals surface area contributed by atoms with E-state index in [1.54, 1.807) is 0 Å². The molecule has 2 aromatic rings. The zero-order chi connectivity index (χ0) is 14.2. The molecule has 0 saturated carbocycles. The molecule has 1 aromatic carbocycles. The molecule has 3 rings (SSSR count). The SMILES string of the molecule is CC1(C)CC(C#N)CN1CCc1c[nH]c2ccccc12. The number of hydrogen-bond donors (Lipinski definition) is 1. The molecular formula is C17H21N3. The normalized spacial score (nSPS) is 22.1. The van der Waals surface area contributed by atoms with Crippen molar-refractivity contribution < 1.29 is 0 Å². The second-order valence-electron chi connectivity index (χ2n) is 6.40. The van der Waals surface area contributed by atoms with Gasteiger partial charge in [-0.05, 0) is 38.3 Å². The van der Waals surface area contributed by atoms with Gasteiger partial charge in [0.1, 0.15) is 0 Å². The maximum absolute atomic E-state index is 9.13. The van der Waals surface area contributed by atoms with Crippen LogP contribution in [-0.4, -0.2) is 28.5 Å². The molecule has 20 heavy (non-hydrogen) atoms. The molecular weight excluding hydrogens is 246 g/mol. The van der Waals surface area contributed by atoms with Crippen LogP contribution in [-0.2, 0) is 6.42 Å². The predicted octanol–water partition coefficient (Wildman–Crippen LogP) is 3.33. The van der Waals surface area contributed by atoms with Crippen molar-refractivity contribution in [3.8, 4) is 6.07 Å². The lowest BCUT2D eigenvalue weighted by Gasteiger charge is -2.31. The van der Waals surface area contributed by atoms with Crippen LogP contribution in [0.5, 0.6) is 0 Å². The number of benzene rings is 1. The number of likely N-dealkylation sites (tertiary alicyclic amines) is 1. The third-order valence-corrected chi connectivity index (χ3v) is 4.55. The summed E-state index contributed by atoms with van der Waals surface area (Å²) in [5.41, 5.74) is 2.72. The van der Waals surface area contributed by atoms with Gasteiger partial charge in [0, 0.05) is 35.7 Å². The molecule has 2 heterocycles. The van der Waals surface area contributed by atoms with Crippen LogP contribution in [0.25, 0.3) is 10.9 Å². The van der Waals surface area contributed by atoms with Crippen LogP contribution in [0.15, 0.2) is 30.5 Å². The van der Waals surface area contributed by atoms with Crippen molar-refractivity contribution >= 4 is 10.9 Å². The minimum Gasteiger partial charge on any atom is -0.361 e. The van der Waals surface area contributed by atoms with Gasteiger partial charge in [0.15, 0.2) is 0 Å². The Hall–Kier alpha value is -1.79. The first-order chi connectivity index (χ1) is 9.60. The molecule has 3 nitrogen and oxygen atoms in total. The number of rotatable bonds is 3. The van der Waals surface area contributed by atoms with Crippen molar-refractivity contribution in [3.05, 3.63) is 36.0 Å². The molecule has 1 fully saturated rings. The summed E-state index contributed by atoms with van der Waals surface area (Å²) in [5, 5.41) is 10.4. The molecule has 3 heteroatoms. The Labute approximate surface area is 120 Å². The van der Waals surface area contributed by atoms with Crippen LogP contribution in [0.2, 0.25) is 0 Å². The smallest absolute Gasteiger partial charge is 0.0670 e. The van der Waals surface area contributed by atoms with E-state index in [2.05, 4.69) is 60.3 Å².